The molecule has 0 aliphatic carbocycles. The first-order chi connectivity index (χ1) is 13.0. The predicted octanol–water partition coefficient (Wildman–Crippen LogP) is 2.60. The van der Waals surface area contributed by atoms with E-state index in [0.29, 0.717) is 38.3 Å². The molecule has 142 valence electrons. The molecule has 0 aromatic heterocycles. The average molecular weight is 366 g/mol. The monoisotopic (exact) mass is 366 g/mol. The predicted molar refractivity (Wildman–Crippen MR) is 105 cm³/mol. The maximum Gasteiger partial charge on any atom is 0.260 e. The maximum absolute atomic E-state index is 12.6. The zero-order valence-electron chi connectivity index (χ0n) is 16.0. The van der Waals surface area contributed by atoms with Crippen molar-refractivity contribution in [3.05, 3.63) is 65.2 Å². The van der Waals surface area contributed by atoms with Crippen LogP contribution in [-0.2, 0) is 16.0 Å². The smallest absolute Gasteiger partial charge is 0.260 e. The van der Waals surface area contributed by atoms with Crippen LogP contribution in [0.5, 0.6) is 5.75 Å². The van der Waals surface area contributed by atoms with E-state index in [4.69, 9.17) is 4.74 Å². The molecule has 0 spiro atoms. The number of rotatable bonds is 5. The van der Waals surface area contributed by atoms with Crippen LogP contribution in [-0.4, -0.2) is 54.4 Å². The summed E-state index contributed by atoms with van der Waals surface area (Å²) in [4.78, 5) is 28.5. The fourth-order valence-electron chi connectivity index (χ4n) is 3.28. The minimum atomic E-state index is -0.0414. The molecule has 2 aromatic rings. The molecule has 1 aliphatic rings. The first-order valence-corrected chi connectivity index (χ1v) is 9.32. The number of carbonyl (C=O) groups is 2. The highest BCUT2D eigenvalue weighted by Gasteiger charge is 2.24. The Balaban J connectivity index is 1.46. The molecule has 5 nitrogen and oxygen atoms in total. The number of aryl methyl sites for hydroxylation is 2. The van der Waals surface area contributed by atoms with Crippen molar-refractivity contribution < 1.29 is 14.3 Å². The molecule has 1 heterocycles. The second-order valence-electron chi connectivity index (χ2n) is 6.97. The van der Waals surface area contributed by atoms with Gasteiger partial charge >= 0.3 is 0 Å². The molecule has 2 amide bonds. The third kappa shape index (κ3) is 5.09. The van der Waals surface area contributed by atoms with Crippen molar-refractivity contribution in [3.63, 3.8) is 0 Å². The Labute approximate surface area is 160 Å². The lowest BCUT2D eigenvalue weighted by Crippen LogP contribution is -2.52. The molecule has 1 aliphatic heterocycles. The summed E-state index contributed by atoms with van der Waals surface area (Å²) in [6, 6.07) is 15.5. The third-order valence-corrected chi connectivity index (χ3v) is 4.93. The van der Waals surface area contributed by atoms with E-state index in [1.807, 2.05) is 54.3 Å². The Morgan fingerprint density at radius 2 is 1.52 bits per heavy atom. The van der Waals surface area contributed by atoms with Crippen LogP contribution in [0.4, 0.5) is 0 Å². The normalized spacial score (nSPS) is 14.1. The zero-order valence-corrected chi connectivity index (χ0v) is 16.0. The lowest BCUT2D eigenvalue weighted by molar-refractivity contribution is -0.140. The van der Waals surface area contributed by atoms with Crippen LogP contribution in [0.1, 0.15) is 16.7 Å². The summed E-state index contributed by atoms with van der Waals surface area (Å²) in [6.07, 6.45) is 0.414. The van der Waals surface area contributed by atoms with Crippen LogP contribution < -0.4 is 4.74 Å². The van der Waals surface area contributed by atoms with Gasteiger partial charge in [-0.1, -0.05) is 42.0 Å². The van der Waals surface area contributed by atoms with Gasteiger partial charge in [-0.25, -0.2) is 0 Å². The summed E-state index contributed by atoms with van der Waals surface area (Å²) in [6.45, 7) is 6.36. The van der Waals surface area contributed by atoms with Gasteiger partial charge in [-0.15, -0.1) is 0 Å². The fourth-order valence-corrected chi connectivity index (χ4v) is 3.28. The number of piperazine rings is 1. The highest BCUT2D eigenvalue weighted by atomic mass is 16.5. The quantitative estimate of drug-likeness (QED) is 0.817. The van der Waals surface area contributed by atoms with Gasteiger partial charge < -0.3 is 14.5 Å². The molecular weight excluding hydrogens is 340 g/mol. The number of benzene rings is 2. The molecular formula is C22H26N2O3. The number of hydrogen-bond donors (Lipinski definition) is 0. The van der Waals surface area contributed by atoms with Crippen molar-refractivity contribution in [3.8, 4) is 5.75 Å². The van der Waals surface area contributed by atoms with Gasteiger partial charge in [-0.2, -0.15) is 0 Å². The van der Waals surface area contributed by atoms with Gasteiger partial charge in [0.25, 0.3) is 5.91 Å². The molecule has 0 bridgehead atoms. The standard InChI is InChI=1S/C22H26N2O3/c1-17-8-9-19(18(2)14-17)15-21(25)23-10-12-24(13-11-23)22(26)16-27-20-6-4-3-5-7-20/h3-9,14H,10-13,15-16H2,1-2H3. The number of hydrogen-bond acceptors (Lipinski definition) is 3. The van der Waals surface area contributed by atoms with E-state index in [-0.39, 0.29) is 18.4 Å². The number of ether oxygens (including phenoxy) is 1. The third-order valence-electron chi connectivity index (χ3n) is 4.93. The first-order valence-electron chi connectivity index (χ1n) is 9.32. The number of para-hydroxylation sites is 1. The highest BCUT2D eigenvalue weighted by molar-refractivity contribution is 5.80. The van der Waals surface area contributed by atoms with E-state index < -0.39 is 0 Å². The first kappa shape index (κ1) is 19.0. The van der Waals surface area contributed by atoms with Crippen molar-refractivity contribution in [1.29, 1.82) is 0 Å². The number of carbonyl (C=O) groups excluding carboxylic acids is 2. The Morgan fingerprint density at radius 1 is 0.889 bits per heavy atom. The molecule has 2 aromatic carbocycles. The number of amides is 2. The molecule has 1 fully saturated rings. The second kappa shape index (κ2) is 8.71. The van der Waals surface area contributed by atoms with Gasteiger partial charge in [0.2, 0.25) is 5.91 Å². The molecule has 27 heavy (non-hydrogen) atoms. The van der Waals surface area contributed by atoms with Crippen LogP contribution >= 0.6 is 0 Å². The Hall–Kier alpha value is -2.82. The summed E-state index contributed by atoms with van der Waals surface area (Å²) in [5, 5.41) is 0. The Kier molecular flexibility index (Phi) is 6.12. The van der Waals surface area contributed by atoms with Crippen molar-refractivity contribution >= 4 is 11.8 Å². The number of nitrogens with zero attached hydrogens (tertiary/aromatic N) is 2. The summed E-state index contributed by atoms with van der Waals surface area (Å²) in [7, 11) is 0. The SMILES string of the molecule is Cc1ccc(CC(=O)N2CCN(C(=O)COc3ccccc3)CC2)c(C)c1. The van der Waals surface area contributed by atoms with Crippen LogP contribution in [0.25, 0.3) is 0 Å². The molecule has 5 heteroatoms. The van der Waals surface area contributed by atoms with Crippen molar-refractivity contribution in [1.82, 2.24) is 9.80 Å². The molecule has 0 radical (unpaired) electrons. The summed E-state index contributed by atoms with van der Waals surface area (Å²) >= 11 is 0. The van der Waals surface area contributed by atoms with Gasteiger partial charge in [0, 0.05) is 26.2 Å². The van der Waals surface area contributed by atoms with Gasteiger partial charge in [0.05, 0.1) is 6.42 Å². The van der Waals surface area contributed by atoms with Crippen molar-refractivity contribution in [2.75, 3.05) is 32.8 Å². The molecule has 0 N–H and O–H groups in total. The van der Waals surface area contributed by atoms with Crippen molar-refractivity contribution in [2.24, 2.45) is 0 Å². The lowest BCUT2D eigenvalue weighted by atomic mass is 10.0. The molecule has 0 atom stereocenters. The van der Waals surface area contributed by atoms with Crippen molar-refractivity contribution in [2.45, 2.75) is 20.3 Å². The maximum atomic E-state index is 12.6. The van der Waals surface area contributed by atoms with E-state index in [1.54, 1.807) is 4.90 Å². The minimum absolute atomic E-state index is 0.0283. The molecule has 0 saturated carbocycles. The van der Waals surface area contributed by atoms with Crippen LogP contribution in [0, 0.1) is 13.8 Å². The highest BCUT2D eigenvalue weighted by Crippen LogP contribution is 2.14. The van der Waals surface area contributed by atoms with Crippen LogP contribution in [0.2, 0.25) is 0 Å². The topological polar surface area (TPSA) is 49.9 Å². The minimum Gasteiger partial charge on any atom is -0.484 e. The van der Waals surface area contributed by atoms with Crippen LogP contribution in [0.3, 0.4) is 0 Å². The zero-order chi connectivity index (χ0) is 19.2. The van der Waals surface area contributed by atoms with Gasteiger partial charge in [0.1, 0.15) is 5.75 Å². The van der Waals surface area contributed by atoms with E-state index in [1.165, 1.54) is 5.56 Å². The summed E-state index contributed by atoms with van der Waals surface area (Å²) in [5.41, 5.74) is 3.42. The average Bonchev–Trinajstić information content (AvgIpc) is 2.69. The van der Waals surface area contributed by atoms with E-state index >= 15 is 0 Å². The van der Waals surface area contributed by atoms with E-state index in [2.05, 4.69) is 13.0 Å². The van der Waals surface area contributed by atoms with Crippen LogP contribution in [0.15, 0.2) is 48.5 Å². The summed E-state index contributed by atoms with van der Waals surface area (Å²) < 4.78 is 5.53. The molecule has 0 unspecified atom stereocenters. The van der Waals surface area contributed by atoms with Gasteiger partial charge in [-0.05, 0) is 37.1 Å². The van der Waals surface area contributed by atoms with E-state index in [0.717, 1.165) is 11.1 Å². The Bertz CT molecular complexity index is 796. The lowest BCUT2D eigenvalue weighted by Gasteiger charge is -2.35. The largest absolute Gasteiger partial charge is 0.484 e. The van der Waals surface area contributed by atoms with Gasteiger partial charge in [-0.3, -0.25) is 9.59 Å². The Morgan fingerprint density at radius 3 is 2.15 bits per heavy atom. The van der Waals surface area contributed by atoms with E-state index in [9.17, 15) is 9.59 Å². The molecule has 1 saturated heterocycles. The second-order valence-corrected chi connectivity index (χ2v) is 6.97. The van der Waals surface area contributed by atoms with Gasteiger partial charge in [0.15, 0.2) is 6.61 Å². The fraction of sp³-hybridized carbons (Fsp3) is 0.364. The molecule has 3 rings (SSSR count). The summed E-state index contributed by atoms with van der Waals surface area (Å²) in [5.74, 6) is 0.767.